The van der Waals surface area contributed by atoms with Gasteiger partial charge in [-0.2, -0.15) is 14.5 Å². The van der Waals surface area contributed by atoms with Crippen LogP contribution in [-0.2, 0) is 19.3 Å². The van der Waals surface area contributed by atoms with Crippen molar-refractivity contribution in [2.75, 3.05) is 44.6 Å². The first-order valence-electron chi connectivity index (χ1n) is 14.2. The maximum atomic E-state index is 14.1. The Morgan fingerprint density at radius 3 is 2.58 bits per heavy atom. The van der Waals surface area contributed by atoms with Gasteiger partial charge in [-0.25, -0.2) is 22.5 Å². The first-order chi connectivity index (χ1) is 21.4. The molecule has 0 saturated carbocycles. The van der Waals surface area contributed by atoms with E-state index in [4.69, 9.17) is 14.7 Å². The van der Waals surface area contributed by atoms with E-state index in [1.807, 2.05) is 37.3 Å². The summed E-state index contributed by atoms with van der Waals surface area (Å²) in [7, 11) is -0.875. The number of aryl methyl sites for hydroxylation is 1. The first-order valence-corrected chi connectivity index (χ1v) is 16.5. The van der Waals surface area contributed by atoms with E-state index in [2.05, 4.69) is 20.0 Å². The van der Waals surface area contributed by atoms with Crippen molar-refractivity contribution in [2.24, 2.45) is 4.36 Å². The third kappa shape index (κ3) is 7.53. The van der Waals surface area contributed by atoms with Gasteiger partial charge in [-0.3, -0.25) is 15.1 Å². The Morgan fingerprint density at radius 1 is 1.13 bits per heavy atom. The Kier molecular flexibility index (Phi) is 9.58. The van der Waals surface area contributed by atoms with Crippen molar-refractivity contribution < 1.29 is 27.4 Å². The zero-order valence-corrected chi connectivity index (χ0v) is 26.4. The summed E-state index contributed by atoms with van der Waals surface area (Å²) in [6, 6.07) is 13.5. The number of pyridine rings is 1. The predicted molar refractivity (Wildman–Crippen MR) is 168 cm³/mol. The van der Waals surface area contributed by atoms with Gasteiger partial charge in [-0.1, -0.05) is 24.3 Å². The van der Waals surface area contributed by atoms with Crippen LogP contribution in [0.15, 0.2) is 65.2 Å². The third-order valence-electron chi connectivity index (χ3n) is 7.17. The van der Waals surface area contributed by atoms with Gasteiger partial charge in [0.2, 0.25) is 0 Å². The van der Waals surface area contributed by atoms with E-state index in [1.54, 1.807) is 48.6 Å². The highest BCUT2D eigenvalue weighted by Crippen LogP contribution is 2.34. The summed E-state index contributed by atoms with van der Waals surface area (Å²) in [4.78, 5) is 24.0. The van der Waals surface area contributed by atoms with Gasteiger partial charge in [0.05, 0.1) is 35.4 Å². The number of anilines is 1. The van der Waals surface area contributed by atoms with Crippen molar-refractivity contribution in [2.45, 2.75) is 26.0 Å². The van der Waals surface area contributed by atoms with E-state index in [0.29, 0.717) is 58.4 Å². The van der Waals surface area contributed by atoms with Crippen LogP contribution < -0.4 is 10.6 Å². The Bertz CT molecular complexity index is 1820. The number of rotatable bonds is 9. The van der Waals surface area contributed by atoms with E-state index in [1.165, 1.54) is 6.07 Å². The number of ether oxygens (including phenoxy) is 1. The average molecular weight is 640 g/mol. The summed E-state index contributed by atoms with van der Waals surface area (Å²) in [5.41, 5.74) is 4.03. The largest absolute Gasteiger partial charge is 0.383 e. The van der Waals surface area contributed by atoms with Crippen LogP contribution in [0.4, 0.5) is 25.1 Å². The van der Waals surface area contributed by atoms with E-state index >= 15 is 0 Å². The fourth-order valence-electron chi connectivity index (χ4n) is 5.00. The molecule has 1 aliphatic heterocycles. The van der Waals surface area contributed by atoms with Gasteiger partial charge in [0.25, 0.3) is 0 Å². The van der Waals surface area contributed by atoms with Crippen LogP contribution in [-0.4, -0.2) is 75.4 Å². The van der Waals surface area contributed by atoms with Gasteiger partial charge < -0.3 is 10.1 Å². The van der Waals surface area contributed by atoms with Crippen LogP contribution in [0.5, 0.6) is 0 Å². The molecule has 2 aromatic carbocycles. The molecule has 3 heterocycles. The molecule has 5 rings (SSSR count). The van der Waals surface area contributed by atoms with Crippen molar-refractivity contribution in [3.63, 3.8) is 0 Å². The molecule has 4 aromatic rings. The Balaban J connectivity index is 1.47. The molecule has 1 fully saturated rings. The molecule has 1 aliphatic rings. The van der Waals surface area contributed by atoms with Crippen LogP contribution >= 0.6 is 0 Å². The number of nitrogens with one attached hydrogen (secondary N) is 2. The van der Waals surface area contributed by atoms with Crippen molar-refractivity contribution in [1.29, 1.82) is 0 Å². The molecular formula is C31H35F2N7O4S. The second-order valence-electron chi connectivity index (χ2n) is 11.0. The zero-order chi connectivity index (χ0) is 32.3. The van der Waals surface area contributed by atoms with Crippen molar-refractivity contribution >= 4 is 27.3 Å². The van der Waals surface area contributed by atoms with Crippen LogP contribution in [0.1, 0.15) is 22.9 Å². The Morgan fingerprint density at radius 2 is 1.89 bits per heavy atom. The molecular weight excluding hydrogens is 604 g/mol. The molecule has 11 nitrogen and oxygen atoms in total. The second-order valence-corrected chi connectivity index (χ2v) is 13.5. The van der Waals surface area contributed by atoms with Gasteiger partial charge in [-0.05, 0) is 49.7 Å². The molecule has 45 heavy (non-hydrogen) atoms. The normalized spacial score (nSPS) is 17.0. The minimum absolute atomic E-state index is 0.280. The minimum Gasteiger partial charge on any atom is -0.383 e. The van der Waals surface area contributed by atoms with Crippen molar-refractivity contribution in [3.8, 4) is 16.9 Å². The van der Waals surface area contributed by atoms with Gasteiger partial charge >= 0.3 is 6.03 Å². The van der Waals surface area contributed by atoms with E-state index in [-0.39, 0.29) is 6.54 Å². The molecule has 14 heteroatoms. The van der Waals surface area contributed by atoms with Gasteiger partial charge in [0, 0.05) is 59.8 Å². The maximum absolute atomic E-state index is 14.1. The lowest BCUT2D eigenvalue weighted by molar-refractivity contribution is -0.154. The smallest absolute Gasteiger partial charge is 0.320 e. The fourth-order valence-corrected chi connectivity index (χ4v) is 5.66. The molecule has 1 saturated heterocycles. The van der Waals surface area contributed by atoms with E-state index < -0.39 is 39.5 Å². The molecule has 2 atom stereocenters. The number of hydrogen-bond acceptors (Lipinski definition) is 8. The molecule has 2 aromatic heterocycles. The third-order valence-corrected chi connectivity index (χ3v) is 7.81. The van der Waals surface area contributed by atoms with E-state index in [0.717, 1.165) is 12.1 Å². The summed E-state index contributed by atoms with van der Waals surface area (Å²) in [6.45, 7) is 4.67. The standard InChI is InChI=1S/C31H35F2N7O4S/c1-19-28(22-16-26(20(2)34-17-22)38-45(4,5)42)37-40(23-9-7-6-8-10-23)30(19)36-31(41)35-27-18-39(13-14-43-3)44-29(27)21-11-12-24(32)25(33)15-21/h6-12,15-17,27,29H,13-14,18H2,1-5H3,(H2,35,36,41)/t27-,29+/m1/s1. The molecule has 0 radical (unpaired) electrons. The molecule has 0 unspecified atom stereocenters. The Hall–Kier alpha value is -4.24. The topological polar surface area (TPSA) is 123 Å². The van der Waals surface area contributed by atoms with Gasteiger partial charge in [0.1, 0.15) is 11.9 Å². The Labute approximate surface area is 260 Å². The van der Waals surface area contributed by atoms with Crippen LogP contribution in [0.2, 0.25) is 0 Å². The summed E-state index contributed by atoms with van der Waals surface area (Å²) < 4.78 is 51.4. The number of carbonyl (C=O) groups is 1. The maximum Gasteiger partial charge on any atom is 0.320 e. The van der Waals surface area contributed by atoms with Crippen molar-refractivity contribution in [3.05, 3.63) is 89.2 Å². The number of benzene rings is 2. The lowest BCUT2D eigenvalue weighted by atomic mass is 10.0. The minimum atomic E-state index is -2.44. The summed E-state index contributed by atoms with van der Waals surface area (Å²) in [6.07, 6.45) is 4.00. The van der Waals surface area contributed by atoms with Gasteiger partial charge in [0.15, 0.2) is 11.6 Å². The highest BCUT2D eigenvalue weighted by atomic mass is 32.2. The molecule has 0 aliphatic carbocycles. The number of aromatic nitrogens is 3. The van der Waals surface area contributed by atoms with Crippen LogP contribution in [0, 0.1) is 25.5 Å². The number of carbonyl (C=O) groups excluding carboxylic acids is 1. The fraction of sp³-hybridized carbons (Fsp3) is 0.323. The van der Waals surface area contributed by atoms with E-state index in [9.17, 15) is 17.8 Å². The highest BCUT2D eigenvalue weighted by Gasteiger charge is 2.37. The number of para-hydroxylation sites is 1. The monoisotopic (exact) mass is 639 g/mol. The molecule has 0 bridgehead atoms. The molecule has 0 spiro atoms. The molecule has 238 valence electrons. The molecule has 2 N–H and O–H groups in total. The predicted octanol–water partition coefficient (Wildman–Crippen LogP) is 5.31. The second kappa shape index (κ2) is 13.4. The summed E-state index contributed by atoms with van der Waals surface area (Å²) in [5, 5.41) is 12.3. The number of nitrogens with zero attached hydrogens (tertiary/aromatic N) is 5. The quantitative estimate of drug-likeness (QED) is 0.254. The summed E-state index contributed by atoms with van der Waals surface area (Å²) >= 11 is 0. The zero-order valence-electron chi connectivity index (χ0n) is 25.6. The van der Waals surface area contributed by atoms with Gasteiger partial charge in [-0.15, -0.1) is 0 Å². The highest BCUT2D eigenvalue weighted by molar-refractivity contribution is 7.92. The number of urea groups is 1. The lowest BCUT2D eigenvalue weighted by Gasteiger charge is -2.20. The number of amides is 2. The number of hydrogen-bond donors (Lipinski definition) is 2. The first kappa shape index (κ1) is 32.2. The van der Waals surface area contributed by atoms with Crippen LogP contribution in [0.3, 0.4) is 0 Å². The van der Waals surface area contributed by atoms with Crippen molar-refractivity contribution in [1.82, 2.24) is 25.1 Å². The summed E-state index contributed by atoms with van der Waals surface area (Å²) in [5.74, 6) is -1.58. The number of halogens is 2. The lowest BCUT2D eigenvalue weighted by Crippen LogP contribution is -2.42. The number of methoxy groups -OCH3 is 1. The van der Waals surface area contributed by atoms with Crippen LogP contribution in [0.25, 0.3) is 16.9 Å². The average Bonchev–Trinajstić information content (AvgIpc) is 3.54. The SMILES string of the molecule is COCCN1C[C@@H](NC(=O)Nc2c(C)c(-c3cnc(C)c(N=S(C)(C)=O)c3)nn2-c2ccccc2)[C@H](c2ccc(F)c(F)c2)O1. The molecule has 2 amide bonds. The number of hydroxylamine groups is 2.